The van der Waals surface area contributed by atoms with Gasteiger partial charge < -0.3 is 21.3 Å². The van der Waals surface area contributed by atoms with E-state index in [0.29, 0.717) is 13.0 Å². The quantitative estimate of drug-likeness (QED) is 0.383. The van der Waals surface area contributed by atoms with Crippen LogP contribution in [0.4, 0.5) is 0 Å². The first-order chi connectivity index (χ1) is 12.6. The zero-order chi connectivity index (χ0) is 20.6. The third-order valence-electron chi connectivity index (χ3n) is 4.28. The molecule has 4 N–H and O–H groups in total. The Labute approximate surface area is 161 Å². The molecule has 1 fully saturated rings. The molecule has 2 atom stereocenters. The molecule has 154 valence electrons. The number of carbonyl (C=O) groups excluding carboxylic acids is 4. The highest BCUT2D eigenvalue weighted by Gasteiger charge is 2.33. The van der Waals surface area contributed by atoms with Crippen molar-refractivity contribution in [2.75, 3.05) is 13.6 Å². The van der Waals surface area contributed by atoms with Gasteiger partial charge in [0, 0.05) is 19.0 Å². The molecule has 27 heavy (non-hydrogen) atoms. The number of rotatable bonds is 11. The van der Waals surface area contributed by atoms with E-state index in [1.165, 1.54) is 0 Å². The lowest BCUT2D eigenvalue weighted by atomic mass is 9.87. The molecule has 8 nitrogen and oxygen atoms in total. The van der Waals surface area contributed by atoms with Gasteiger partial charge in [0.15, 0.2) is 0 Å². The molecule has 0 aliphatic heterocycles. The minimum atomic E-state index is -1.02. The topological polar surface area (TPSA) is 116 Å². The SMILES string of the molecule is CCNC(=O)CCC(NC(=O)C(CC(C)(C)C)NC)C(=O)C(=O)NC1CC1. The highest BCUT2D eigenvalue weighted by molar-refractivity contribution is 6.38. The zero-order valence-corrected chi connectivity index (χ0v) is 17.1. The molecule has 0 spiro atoms. The van der Waals surface area contributed by atoms with Gasteiger partial charge in [-0.15, -0.1) is 0 Å². The van der Waals surface area contributed by atoms with E-state index in [0.717, 1.165) is 12.8 Å². The van der Waals surface area contributed by atoms with E-state index in [1.54, 1.807) is 14.0 Å². The first-order valence-electron chi connectivity index (χ1n) is 9.66. The Balaban J connectivity index is 2.78. The van der Waals surface area contributed by atoms with E-state index in [1.807, 2.05) is 20.8 Å². The molecular formula is C19H34N4O4. The van der Waals surface area contributed by atoms with E-state index < -0.39 is 23.8 Å². The number of hydrogen-bond donors (Lipinski definition) is 4. The number of likely N-dealkylation sites (N-methyl/N-ethyl adjacent to an activating group) is 1. The van der Waals surface area contributed by atoms with Crippen LogP contribution < -0.4 is 21.3 Å². The number of amides is 3. The Morgan fingerprint density at radius 3 is 2.19 bits per heavy atom. The van der Waals surface area contributed by atoms with Gasteiger partial charge in [0.2, 0.25) is 17.6 Å². The fraction of sp³-hybridized carbons (Fsp3) is 0.789. The molecule has 0 saturated heterocycles. The summed E-state index contributed by atoms with van der Waals surface area (Å²) in [5.74, 6) is -1.96. The van der Waals surface area contributed by atoms with Crippen LogP contribution in [0.1, 0.15) is 59.8 Å². The average molecular weight is 383 g/mol. The summed E-state index contributed by atoms with van der Waals surface area (Å²) in [7, 11) is 1.68. The summed E-state index contributed by atoms with van der Waals surface area (Å²) in [5.41, 5.74) is -0.0884. The largest absolute Gasteiger partial charge is 0.356 e. The maximum Gasteiger partial charge on any atom is 0.289 e. The zero-order valence-electron chi connectivity index (χ0n) is 17.1. The Kier molecular flexibility index (Phi) is 8.88. The van der Waals surface area contributed by atoms with E-state index >= 15 is 0 Å². The normalized spacial score (nSPS) is 16.2. The molecule has 0 heterocycles. The van der Waals surface area contributed by atoms with Crippen LogP contribution in [0.3, 0.4) is 0 Å². The third-order valence-corrected chi connectivity index (χ3v) is 4.28. The number of Topliss-reactive ketones (excluding diaryl/α,β-unsaturated/α-hetero) is 1. The maximum absolute atomic E-state index is 12.6. The van der Waals surface area contributed by atoms with Crippen LogP contribution in [-0.4, -0.2) is 55.2 Å². The van der Waals surface area contributed by atoms with Crippen LogP contribution in [-0.2, 0) is 19.2 Å². The van der Waals surface area contributed by atoms with Crippen molar-refractivity contribution in [3.8, 4) is 0 Å². The minimum absolute atomic E-state index is 0.0483. The van der Waals surface area contributed by atoms with Gasteiger partial charge in [0.1, 0.15) is 0 Å². The lowest BCUT2D eigenvalue weighted by Gasteiger charge is -2.26. The highest BCUT2D eigenvalue weighted by atomic mass is 16.2. The molecule has 0 aromatic rings. The van der Waals surface area contributed by atoms with Crippen molar-refractivity contribution in [2.45, 2.75) is 77.9 Å². The summed E-state index contributed by atoms with van der Waals surface area (Å²) in [6, 6.07) is -1.46. The van der Waals surface area contributed by atoms with Gasteiger partial charge in [-0.25, -0.2) is 0 Å². The van der Waals surface area contributed by atoms with Gasteiger partial charge >= 0.3 is 0 Å². The fourth-order valence-corrected chi connectivity index (χ4v) is 2.68. The van der Waals surface area contributed by atoms with Crippen LogP contribution in [0.2, 0.25) is 0 Å². The van der Waals surface area contributed by atoms with Crippen LogP contribution in [0.5, 0.6) is 0 Å². The van der Waals surface area contributed by atoms with Crippen molar-refractivity contribution in [1.29, 1.82) is 0 Å². The van der Waals surface area contributed by atoms with Gasteiger partial charge in [0.25, 0.3) is 5.91 Å². The fourth-order valence-electron chi connectivity index (χ4n) is 2.68. The number of ketones is 1. The molecule has 1 aliphatic carbocycles. The van der Waals surface area contributed by atoms with Crippen molar-refractivity contribution in [2.24, 2.45) is 5.41 Å². The third kappa shape index (κ3) is 8.99. The van der Waals surface area contributed by atoms with Crippen molar-refractivity contribution in [3.05, 3.63) is 0 Å². The second kappa shape index (κ2) is 10.4. The summed E-state index contributed by atoms with van der Waals surface area (Å²) < 4.78 is 0. The molecule has 2 unspecified atom stereocenters. The van der Waals surface area contributed by atoms with Crippen molar-refractivity contribution in [3.63, 3.8) is 0 Å². The molecule has 8 heteroatoms. The molecule has 1 rings (SSSR count). The summed E-state index contributed by atoms with van der Waals surface area (Å²) in [4.78, 5) is 49.0. The van der Waals surface area contributed by atoms with Crippen LogP contribution >= 0.6 is 0 Å². The lowest BCUT2D eigenvalue weighted by Crippen LogP contribution is -2.53. The Morgan fingerprint density at radius 2 is 1.70 bits per heavy atom. The lowest BCUT2D eigenvalue weighted by molar-refractivity contribution is -0.140. The van der Waals surface area contributed by atoms with Gasteiger partial charge in [-0.3, -0.25) is 19.2 Å². The van der Waals surface area contributed by atoms with E-state index in [-0.39, 0.29) is 36.1 Å². The van der Waals surface area contributed by atoms with E-state index in [9.17, 15) is 19.2 Å². The molecular weight excluding hydrogens is 348 g/mol. The Bertz CT molecular complexity index is 552. The second-order valence-electron chi connectivity index (χ2n) is 8.27. The predicted molar refractivity (Wildman–Crippen MR) is 103 cm³/mol. The molecule has 0 bridgehead atoms. The average Bonchev–Trinajstić information content (AvgIpc) is 3.38. The van der Waals surface area contributed by atoms with Crippen LogP contribution in [0, 0.1) is 5.41 Å². The van der Waals surface area contributed by atoms with E-state index in [2.05, 4.69) is 21.3 Å². The first-order valence-corrected chi connectivity index (χ1v) is 9.66. The summed E-state index contributed by atoms with van der Waals surface area (Å²) in [6.07, 6.45) is 2.44. The predicted octanol–water partition coefficient (Wildman–Crippen LogP) is 0.259. The van der Waals surface area contributed by atoms with Crippen molar-refractivity contribution >= 4 is 23.5 Å². The maximum atomic E-state index is 12.6. The number of carbonyl (C=O) groups is 4. The van der Waals surface area contributed by atoms with Gasteiger partial charge in [-0.1, -0.05) is 20.8 Å². The summed E-state index contributed by atoms with van der Waals surface area (Å²) in [5, 5.41) is 10.9. The monoisotopic (exact) mass is 382 g/mol. The molecule has 1 aliphatic rings. The Hall–Kier alpha value is -1.96. The molecule has 1 saturated carbocycles. The van der Waals surface area contributed by atoms with Crippen LogP contribution in [0.15, 0.2) is 0 Å². The Morgan fingerprint density at radius 1 is 1.07 bits per heavy atom. The highest BCUT2D eigenvalue weighted by Crippen LogP contribution is 2.21. The number of hydrogen-bond acceptors (Lipinski definition) is 5. The minimum Gasteiger partial charge on any atom is -0.356 e. The smallest absolute Gasteiger partial charge is 0.289 e. The summed E-state index contributed by atoms with van der Waals surface area (Å²) in [6.45, 7) is 8.34. The van der Waals surface area contributed by atoms with Gasteiger partial charge in [-0.05, 0) is 45.1 Å². The van der Waals surface area contributed by atoms with Crippen molar-refractivity contribution in [1.82, 2.24) is 21.3 Å². The standard InChI is InChI=1S/C19H34N4O4/c1-6-21-15(24)10-9-13(16(25)18(27)22-12-7-8-12)23-17(26)14(20-5)11-19(2,3)4/h12-14,20H,6-11H2,1-5H3,(H,21,24)(H,22,27)(H,23,26). The summed E-state index contributed by atoms with van der Waals surface area (Å²) >= 11 is 0. The van der Waals surface area contributed by atoms with Gasteiger partial charge in [-0.2, -0.15) is 0 Å². The molecule has 0 radical (unpaired) electrons. The van der Waals surface area contributed by atoms with Crippen LogP contribution in [0.25, 0.3) is 0 Å². The molecule has 0 aromatic carbocycles. The van der Waals surface area contributed by atoms with Crippen molar-refractivity contribution < 1.29 is 19.2 Å². The molecule has 0 aromatic heterocycles. The second-order valence-corrected chi connectivity index (χ2v) is 8.27. The van der Waals surface area contributed by atoms with Gasteiger partial charge in [0.05, 0.1) is 12.1 Å². The number of nitrogens with one attached hydrogen (secondary N) is 4. The van der Waals surface area contributed by atoms with E-state index in [4.69, 9.17) is 0 Å². The first kappa shape index (κ1) is 23.1. The molecule has 3 amide bonds.